The lowest BCUT2D eigenvalue weighted by Crippen LogP contribution is -2.05. The molecule has 1 rings (SSSR count). The maximum absolute atomic E-state index is 13.2. The van der Waals surface area contributed by atoms with Crippen LogP contribution in [-0.4, -0.2) is 0 Å². The van der Waals surface area contributed by atoms with Gasteiger partial charge in [-0.25, -0.2) is 17.6 Å². The molecule has 1 aromatic rings. The molecule has 0 saturated carbocycles. The van der Waals surface area contributed by atoms with Crippen molar-refractivity contribution in [3.63, 3.8) is 0 Å². The second-order valence-corrected chi connectivity index (χ2v) is 3.18. The third-order valence-electron chi connectivity index (χ3n) is 1.98. The Kier molecular flexibility index (Phi) is 3.74. The Labute approximate surface area is 89.2 Å². The maximum Gasteiger partial charge on any atom is 0.165 e. The van der Waals surface area contributed by atoms with Gasteiger partial charge in [-0.1, -0.05) is 17.7 Å². The van der Waals surface area contributed by atoms with E-state index in [1.807, 2.05) is 0 Å². The minimum Gasteiger partial charge on any atom is -0.203 e. The van der Waals surface area contributed by atoms with Crippen molar-refractivity contribution >= 4 is 11.6 Å². The summed E-state index contributed by atoms with van der Waals surface area (Å²) in [6.45, 7) is 0.970. The smallest absolute Gasteiger partial charge is 0.165 e. The summed E-state index contributed by atoms with van der Waals surface area (Å²) < 4.78 is 52.4. The second kappa shape index (κ2) is 4.66. The van der Waals surface area contributed by atoms with Crippen LogP contribution in [0.4, 0.5) is 17.6 Å². The van der Waals surface area contributed by atoms with Gasteiger partial charge in [-0.3, -0.25) is 0 Å². The topological polar surface area (TPSA) is 0 Å². The summed E-state index contributed by atoms with van der Waals surface area (Å²) >= 11 is 5.15. The van der Waals surface area contributed by atoms with Crippen LogP contribution in [0.5, 0.6) is 0 Å². The van der Waals surface area contributed by atoms with E-state index in [0.29, 0.717) is 0 Å². The van der Waals surface area contributed by atoms with Crippen molar-refractivity contribution in [1.29, 1.82) is 0 Å². The minimum atomic E-state index is -1.37. The van der Waals surface area contributed by atoms with E-state index in [4.69, 9.17) is 11.6 Å². The standard InChI is InChI=1S/C10H7ClF4/c1-5-7(12)9(14)6(3-2-4-11)10(15)8(5)13/h2,4H,3H2,1H3/b4-2+. The van der Waals surface area contributed by atoms with Crippen LogP contribution in [0.25, 0.3) is 0 Å². The zero-order valence-electron chi connectivity index (χ0n) is 7.75. The number of hydrogen-bond donors (Lipinski definition) is 0. The van der Waals surface area contributed by atoms with Gasteiger partial charge in [-0.2, -0.15) is 0 Å². The Bertz CT molecular complexity index is 383. The van der Waals surface area contributed by atoms with E-state index < -0.39 is 34.4 Å². The Balaban J connectivity index is 3.38. The molecule has 0 aliphatic heterocycles. The highest BCUT2D eigenvalue weighted by Crippen LogP contribution is 2.24. The molecule has 0 fully saturated rings. The third kappa shape index (κ3) is 2.15. The Hall–Kier alpha value is -1.03. The number of benzene rings is 1. The minimum absolute atomic E-state index is 0.296. The molecule has 5 heteroatoms. The molecule has 0 bridgehead atoms. The molecule has 0 radical (unpaired) electrons. The average molecular weight is 239 g/mol. The van der Waals surface area contributed by atoms with Crippen molar-refractivity contribution in [3.8, 4) is 0 Å². The summed E-state index contributed by atoms with van der Waals surface area (Å²) in [5.74, 6) is -5.49. The van der Waals surface area contributed by atoms with Gasteiger partial charge in [0.15, 0.2) is 23.3 Å². The largest absolute Gasteiger partial charge is 0.203 e. The molecule has 0 unspecified atom stereocenters. The van der Waals surface area contributed by atoms with E-state index in [-0.39, 0.29) is 6.42 Å². The average Bonchev–Trinajstić information content (AvgIpc) is 2.24. The zero-order chi connectivity index (χ0) is 11.6. The van der Waals surface area contributed by atoms with Crippen LogP contribution in [0.2, 0.25) is 0 Å². The van der Waals surface area contributed by atoms with Crippen molar-refractivity contribution in [1.82, 2.24) is 0 Å². The first-order chi connectivity index (χ1) is 7.00. The lowest BCUT2D eigenvalue weighted by Gasteiger charge is -2.07. The summed E-state index contributed by atoms with van der Waals surface area (Å²) in [6, 6.07) is 0. The molecule has 1 aromatic carbocycles. The molecular formula is C10H7ClF4. The highest BCUT2D eigenvalue weighted by atomic mass is 35.5. The lowest BCUT2D eigenvalue weighted by atomic mass is 10.1. The first-order valence-electron chi connectivity index (χ1n) is 4.07. The van der Waals surface area contributed by atoms with Gasteiger partial charge in [-0.05, 0) is 13.3 Å². The fraction of sp³-hybridized carbons (Fsp3) is 0.200. The summed E-state index contributed by atoms with van der Waals surface area (Å²) in [6.07, 6.45) is 0.895. The summed E-state index contributed by atoms with van der Waals surface area (Å²) in [5.41, 5.74) is -0.301. The van der Waals surface area contributed by atoms with E-state index >= 15 is 0 Å². The Morgan fingerprint density at radius 1 is 1.00 bits per heavy atom. The molecule has 15 heavy (non-hydrogen) atoms. The first-order valence-corrected chi connectivity index (χ1v) is 4.51. The molecule has 0 nitrogen and oxygen atoms in total. The number of rotatable bonds is 2. The second-order valence-electron chi connectivity index (χ2n) is 2.93. The molecule has 0 spiro atoms. The fourth-order valence-corrected chi connectivity index (χ4v) is 1.22. The molecule has 82 valence electrons. The SMILES string of the molecule is Cc1c(F)c(F)c(C/C=C/Cl)c(F)c1F. The molecule has 0 amide bonds. The summed E-state index contributed by atoms with van der Waals surface area (Å²) in [5, 5.41) is 0. The van der Waals surface area contributed by atoms with Crippen molar-refractivity contribution in [2.45, 2.75) is 13.3 Å². The van der Waals surface area contributed by atoms with Crippen LogP contribution in [0, 0.1) is 30.2 Å². The van der Waals surface area contributed by atoms with Gasteiger partial charge < -0.3 is 0 Å². The monoisotopic (exact) mass is 238 g/mol. The van der Waals surface area contributed by atoms with E-state index in [9.17, 15) is 17.6 Å². The lowest BCUT2D eigenvalue weighted by molar-refractivity contribution is 0.434. The fourth-order valence-electron chi connectivity index (χ4n) is 1.13. The highest BCUT2D eigenvalue weighted by Gasteiger charge is 2.21. The molecule has 0 N–H and O–H groups in total. The first kappa shape index (κ1) is 12.0. The van der Waals surface area contributed by atoms with Gasteiger partial charge in [0.05, 0.1) is 0 Å². The molecule has 0 aromatic heterocycles. The zero-order valence-corrected chi connectivity index (χ0v) is 8.51. The summed E-state index contributed by atoms with van der Waals surface area (Å²) in [7, 11) is 0. The van der Waals surface area contributed by atoms with Crippen molar-refractivity contribution in [3.05, 3.63) is 46.0 Å². The Morgan fingerprint density at radius 3 is 1.87 bits per heavy atom. The van der Waals surface area contributed by atoms with E-state index in [1.54, 1.807) is 0 Å². The third-order valence-corrected chi connectivity index (χ3v) is 2.16. The Morgan fingerprint density at radius 2 is 1.47 bits per heavy atom. The van der Waals surface area contributed by atoms with Gasteiger partial charge in [0.25, 0.3) is 0 Å². The van der Waals surface area contributed by atoms with Crippen molar-refractivity contribution < 1.29 is 17.6 Å². The van der Waals surface area contributed by atoms with Gasteiger partial charge >= 0.3 is 0 Å². The van der Waals surface area contributed by atoms with Crippen molar-refractivity contribution in [2.75, 3.05) is 0 Å². The predicted octanol–water partition coefficient (Wildman–Crippen LogP) is 3.85. The molecule has 0 saturated heterocycles. The van der Waals surface area contributed by atoms with Gasteiger partial charge in [-0.15, -0.1) is 0 Å². The van der Waals surface area contributed by atoms with Crippen LogP contribution in [0.15, 0.2) is 11.6 Å². The highest BCUT2D eigenvalue weighted by molar-refractivity contribution is 6.25. The van der Waals surface area contributed by atoms with Crippen LogP contribution < -0.4 is 0 Å². The molecular weight excluding hydrogens is 232 g/mol. The molecule has 0 aliphatic carbocycles. The van der Waals surface area contributed by atoms with E-state index in [2.05, 4.69) is 0 Å². The van der Waals surface area contributed by atoms with Crippen LogP contribution >= 0.6 is 11.6 Å². The number of halogens is 5. The predicted molar refractivity (Wildman–Crippen MR) is 49.7 cm³/mol. The normalized spacial score (nSPS) is 11.3. The van der Waals surface area contributed by atoms with E-state index in [1.165, 1.54) is 6.08 Å². The molecule has 0 atom stereocenters. The van der Waals surface area contributed by atoms with Crippen LogP contribution in [0.3, 0.4) is 0 Å². The van der Waals surface area contributed by atoms with Crippen LogP contribution in [0.1, 0.15) is 11.1 Å². The van der Waals surface area contributed by atoms with Gasteiger partial charge in [0.2, 0.25) is 0 Å². The molecule has 0 heterocycles. The number of allylic oxidation sites excluding steroid dienone is 1. The van der Waals surface area contributed by atoms with Crippen molar-refractivity contribution in [2.24, 2.45) is 0 Å². The molecule has 0 aliphatic rings. The van der Waals surface area contributed by atoms with E-state index in [0.717, 1.165) is 12.5 Å². The van der Waals surface area contributed by atoms with Gasteiger partial charge in [0.1, 0.15) is 0 Å². The quantitative estimate of drug-likeness (QED) is 0.542. The van der Waals surface area contributed by atoms with Crippen LogP contribution in [-0.2, 0) is 6.42 Å². The number of hydrogen-bond acceptors (Lipinski definition) is 0. The summed E-state index contributed by atoms with van der Waals surface area (Å²) in [4.78, 5) is 0. The maximum atomic E-state index is 13.2. The van der Waals surface area contributed by atoms with Gasteiger partial charge in [0, 0.05) is 16.7 Å².